The van der Waals surface area contributed by atoms with Crippen LogP contribution in [0, 0.1) is 0 Å². The minimum atomic E-state index is 0. The maximum Gasteiger partial charge on any atom is 0.191 e. The molecule has 1 aromatic rings. The molecule has 6 nitrogen and oxygen atoms in total. The summed E-state index contributed by atoms with van der Waals surface area (Å²) in [7, 11) is 1.91. The van der Waals surface area contributed by atoms with Crippen molar-refractivity contribution in [2.75, 3.05) is 46.3 Å². The van der Waals surface area contributed by atoms with Gasteiger partial charge >= 0.3 is 0 Å². The first-order valence-corrected chi connectivity index (χ1v) is 11.5. The quantitative estimate of drug-likeness (QED) is 0.351. The molecule has 0 radical (unpaired) electrons. The number of rotatable bonds is 5. The average Bonchev–Trinajstić information content (AvgIpc) is 3.00. The van der Waals surface area contributed by atoms with Gasteiger partial charge in [-0.05, 0) is 31.2 Å². The van der Waals surface area contributed by atoms with E-state index in [9.17, 15) is 0 Å². The first-order chi connectivity index (χ1) is 14.3. The van der Waals surface area contributed by atoms with E-state index in [0.717, 1.165) is 19.0 Å². The van der Waals surface area contributed by atoms with Crippen LogP contribution >= 0.6 is 24.0 Å². The number of piperidine rings is 1. The molecule has 7 heteroatoms. The number of halogens is 1. The minimum Gasteiger partial charge on any atom is -0.355 e. The Labute approximate surface area is 198 Å². The Bertz CT molecular complexity index is 691. The van der Waals surface area contributed by atoms with E-state index in [1.54, 1.807) is 0 Å². The summed E-state index contributed by atoms with van der Waals surface area (Å²) < 4.78 is 0. The van der Waals surface area contributed by atoms with E-state index in [1.807, 2.05) is 7.05 Å². The lowest BCUT2D eigenvalue weighted by Gasteiger charge is -2.47. The summed E-state index contributed by atoms with van der Waals surface area (Å²) in [6.07, 6.45) is 5.14. The molecule has 1 aromatic carbocycles. The van der Waals surface area contributed by atoms with Crippen molar-refractivity contribution in [3.05, 3.63) is 35.9 Å². The number of hydrogen-bond donors (Lipinski definition) is 2. The topological polar surface area (TPSA) is 46.1 Å². The fourth-order valence-electron chi connectivity index (χ4n) is 5.97. The van der Waals surface area contributed by atoms with E-state index in [1.165, 1.54) is 64.0 Å². The molecular formula is C23H37IN6. The monoisotopic (exact) mass is 524 g/mol. The predicted molar refractivity (Wildman–Crippen MR) is 134 cm³/mol. The Hall–Kier alpha value is -0.900. The molecular weight excluding hydrogens is 487 g/mol. The fraction of sp³-hybridized carbons (Fsp3) is 0.696. The van der Waals surface area contributed by atoms with Crippen LogP contribution in [0.4, 0.5) is 0 Å². The molecule has 5 aliphatic heterocycles. The van der Waals surface area contributed by atoms with Crippen LogP contribution < -0.4 is 10.6 Å². The van der Waals surface area contributed by atoms with Gasteiger partial charge in [-0.25, -0.2) is 0 Å². The molecule has 0 spiro atoms. The number of piperazine rings is 3. The van der Waals surface area contributed by atoms with Crippen LogP contribution in [0.2, 0.25) is 0 Å². The molecule has 0 saturated carbocycles. The summed E-state index contributed by atoms with van der Waals surface area (Å²) in [5.74, 6) is 0.989. The van der Waals surface area contributed by atoms with Crippen LogP contribution in [0.25, 0.3) is 0 Å². The summed E-state index contributed by atoms with van der Waals surface area (Å²) >= 11 is 0. The number of nitrogens with one attached hydrogen (secondary N) is 2. The van der Waals surface area contributed by atoms with Crippen molar-refractivity contribution in [1.29, 1.82) is 0 Å². The number of guanidine groups is 1. The largest absolute Gasteiger partial charge is 0.355 e. The van der Waals surface area contributed by atoms with Gasteiger partial charge in [-0.1, -0.05) is 30.3 Å². The molecule has 166 valence electrons. The smallest absolute Gasteiger partial charge is 0.191 e. The molecule has 30 heavy (non-hydrogen) atoms. The zero-order valence-corrected chi connectivity index (χ0v) is 20.5. The van der Waals surface area contributed by atoms with Crippen molar-refractivity contribution in [3.8, 4) is 0 Å². The van der Waals surface area contributed by atoms with E-state index in [0.29, 0.717) is 24.2 Å². The van der Waals surface area contributed by atoms with Crippen LogP contribution in [0.3, 0.4) is 0 Å². The second kappa shape index (κ2) is 10.1. The molecule has 4 bridgehead atoms. The fourth-order valence-corrected chi connectivity index (χ4v) is 5.97. The molecule has 5 aliphatic rings. The molecule has 5 heterocycles. The average molecular weight is 524 g/mol. The number of fused-ring (bicyclic) bond motifs is 5. The third-order valence-electron chi connectivity index (χ3n) is 7.55. The molecule has 2 N–H and O–H groups in total. The minimum absolute atomic E-state index is 0. The Morgan fingerprint density at radius 3 is 2.33 bits per heavy atom. The Balaban J connectivity index is 0.00000218. The van der Waals surface area contributed by atoms with Gasteiger partial charge in [0.2, 0.25) is 0 Å². The van der Waals surface area contributed by atoms with E-state index in [2.05, 4.69) is 60.7 Å². The number of hydrogen-bond acceptors (Lipinski definition) is 4. The SMILES string of the molecule is CN=C(NCC1CN2CCN1CC2)NC1CC2CCC(C1)N2Cc1ccccc1.I. The summed E-state index contributed by atoms with van der Waals surface area (Å²) in [6.45, 7) is 8.23. The normalized spacial score (nSPS) is 35.7. The summed E-state index contributed by atoms with van der Waals surface area (Å²) in [5, 5.41) is 7.38. The molecule has 3 atom stereocenters. The molecule has 5 saturated heterocycles. The van der Waals surface area contributed by atoms with Gasteiger partial charge in [-0.15, -0.1) is 24.0 Å². The van der Waals surface area contributed by atoms with Gasteiger partial charge in [-0.2, -0.15) is 0 Å². The maximum atomic E-state index is 4.53. The highest BCUT2D eigenvalue weighted by Gasteiger charge is 2.40. The first-order valence-electron chi connectivity index (χ1n) is 11.5. The highest BCUT2D eigenvalue weighted by Crippen LogP contribution is 2.36. The van der Waals surface area contributed by atoms with Crippen molar-refractivity contribution in [2.24, 2.45) is 4.99 Å². The molecule has 0 amide bonds. The van der Waals surface area contributed by atoms with Crippen LogP contribution in [0.1, 0.15) is 31.2 Å². The predicted octanol–water partition coefficient (Wildman–Crippen LogP) is 1.96. The third-order valence-corrected chi connectivity index (χ3v) is 7.55. The van der Waals surface area contributed by atoms with Crippen LogP contribution in [0.5, 0.6) is 0 Å². The van der Waals surface area contributed by atoms with E-state index < -0.39 is 0 Å². The van der Waals surface area contributed by atoms with Crippen molar-refractivity contribution in [1.82, 2.24) is 25.3 Å². The van der Waals surface area contributed by atoms with Gasteiger partial charge < -0.3 is 10.6 Å². The lowest BCUT2D eigenvalue weighted by molar-refractivity contribution is 0.0153. The third kappa shape index (κ3) is 4.95. The molecule has 6 rings (SSSR count). The first kappa shape index (κ1) is 22.3. The molecule has 0 aromatic heterocycles. The van der Waals surface area contributed by atoms with Gasteiger partial charge in [0.1, 0.15) is 0 Å². The maximum absolute atomic E-state index is 4.53. The Morgan fingerprint density at radius 2 is 1.73 bits per heavy atom. The van der Waals surface area contributed by atoms with E-state index in [4.69, 9.17) is 0 Å². The standard InChI is InChI=1S/C23H36N6.HI/c1-24-23(25-15-22-17-27-9-11-28(22)12-10-27)26-19-13-20-7-8-21(14-19)29(20)16-18-5-3-2-4-6-18;/h2-6,19-22H,7-17H2,1H3,(H2,24,25,26);1H. The Morgan fingerprint density at radius 1 is 1.03 bits per heavy atom. The second-order valence-electron chi connectivity index (χ2n) is 9.30. The van der Waals surface area contributed by atoms with E-state index in [-0.39, 0.29) is 24.0 Å². The number of benzene rings is 1. The van der Waals surface area contributed by atoms with Crippen molar-refractivity contribution in [2.45, 2.75) is 56.4 Å². The van der Waals surface area contributed by atoms with Gasteiger partial charge in [-0.3, -0.25) is 19.7 Å². The van der Waals surface area contributed by atoms with Crippen molar-refractivity contribution < 1.29 is 0 Å². The molecule has 3 unspecified atom stereocenters. The zero-order chi connectivity index (χ0) is 19.6. The number of nitrogens with zero attached hydrogens (tertiary/aromatic N) is 4. The van der Waals surface area contributed by atoms with Gasteiger partial charge in [0.25, 0.3) is 0 Å². The second-order valence-corrected chi connectivity index (χ2v) is 9.30. The summed E-state index contributed by atoms with van der Waals surface area (Å²) in [4.78, 5) is 12.5. The van der Waals surface area contributed by atoms with Crippen LogP contribution in [-0.4, -0.2) is 91.1 Å². The van der Waals surface area contributed by atoms with Crippen molar-refractivity contribution >= 4 is 29.9 Å². The molecule has 0 aliphatic carbocycles. The van der Waals surface area contributed by atoms with Gasteiger partial charge in [0.15, 0.2) is 5.96 Å². The Kier molecular flexibility index (Phi) is 7.54. The van der Waals surface area contributed by atoms with Gasteiger partial charge in [0.05, 0.1) is 0 Å². The van der Waals surface area contributed by atoms with E-state index >= 15 is 0 Å². The van der Waals surface area contributed by atoms with Crippen molar-refractivity contribution in [3.63, 3.8) is 0 Å². The summed E-state index contributed by atoms with van der Waals surface area (Å²) in [5.41, 5.74) is 1.45. The highest BCUT2D eigenvalue weighted by molar-refractivity contribution is 14.0. The zero-order valence-electron chi connectivity index (χ0n) is 18.2. The lowest BCUT2D eigenvalue weighted by atomic mass is 9.96. The van der Waals surface area contributed by atoms with Crippen LogP contribution in [-0.2, 0) is 6.54 Å². The number of aliphatic imine (C=N–C) groups is 1. The van der Waals surface area contributed by atoms with Crippen LogP contribution in [0.15, 0.2) is 35.3 Å². The lowest BCUT2D eigenvalue weighted by Crippen LogP contribution is -2.64. The van der Waals surface area contributed by atoms with Gasteiger partial charge in [0, 0.05) is 77.0 Å². The highest BCUT2D eigenvalue weighted by atomic mass is 127. The summed E-state index contributed by atoms with van der Waals surface area (Å²) in [6, 6.07) is 13.5. The molecule has 5 fully saturated rings.